The number of rotatable bonds is 2. The van der Waals surface area contributed by atoms with Gasteiger partial charge >= 0.3 is 68.7 Å². The van der Waals surface area contributed by atoms with E-state index in [2.05, 4.69) is 31.4 Å². The largest absolute Gasteiger partial charge is 0 e. The molecule has 1 nitrogen and oxygen atoms in total. The van der Waals surface area contributed by atoms with E-state index < -0.39 is 37.3 Å². The van der Waals surface area contributed by atoms with Gasteiger partial charge in [-0.2, -0.15) is 0 Å². The molecule has 0 bridgehead atoms. The Hall–Kier alpha value is 2.15. The monoisotopic (exact) mass is 352 g/mol. The van der Waals surface area contributed by atoms with Crippen molar-refractivity contribution in [3.05, 3.63) is 0 Å². The van der Waals surface area contributed by atoms with Gasteiger partial charge in [-0.05, 0) is 0 Å². The summed E-state index contributed by atoms with van der Waals surface area (Å²) in [6.07, 6.45) is 0. The molecule has 0 fully saturated rings. The summed E-state index contributed by atoms with van der Waals surface area (Å²) < 4.78 is 3.88. The van der Waals surface area contributed by atoms with Crippen molar-refractivity contribution in [1.82, 2.24) is 1.76 Å². The second-order valence-electron chi connectivity index (χ2n) is 4.62. The normalized spacial score (nSPS) is 12.6. The molecule has 4 heteroatoms. The van der Waals surface area contributed by atoms with Crippen LogP contribution < -0.4 is 1.76 Å². The second-order valence-corrected chi connectivity index (χ2v) is 35.8. The maximum Gasteiger partial charge on any atom is 0 e. The Morgan fingerprint density at radius 2 is 0.900 bits per heavy atom. The first-order chi connectivity index (χ1) is 3.71. The van der Waals surface area contributed by atoms with Crippen molar-refractivity contribution in [3.63, 3.8) is 0 Å². The van der Waals surface area contributed by atoms with Crippen LogP contribution in [0.5, 0.6) is 0 Å². The summed E-state index contributed by atoms with van der Waals surface area (Å²) in [6.45, 7) is 0. The smallest absolute Gasteiger partial charge is 0 e. The molecule has 0 spiro atoms. The van der Waals surface area contributed by atoms with Crippen LogP contribution in [-0.4, -0.2) is 56.2 Å². The van der Waals surface area contributed by atoms with Gasteiger partial charge < -0.3 is 0 Å². The quantitative estimate of drug-likeness (QED) is 0.751. The fourth-order valence-corrected chi connectivity index (χ4v) is 50.6. The van der Waals surface area contributed by atoms with Crippen LogP contribution >= 0.6 is 0 Å². The van der Waals surface area contributed by atoms with E-state index in [1.165, 1.54) is 0 Å². The summed E-state index contributed by atoms with van der Waals surface area (Å²) >= 11 is -3.21. The molecule has 0 heterocycles. The molecule has 0 aliphatic carbocycles. The zero-order valence-corrected chi connectivity index (χ0v) is 14.2. The minimum absolute atomic E-state index is 0. The van der Waals surface area contributed by atoms with Gasteiger partial charge in [0.15, 0.2) is 0 Å². The third-order valence-electron chi connectivity index (χ3n) is 0.750. The standard InChI is InChI=1S/6CH3.Li.HN.2Sn/h6*1H3;;1H;;. The van der Waals surface area contributed by atoms with Gasteiger partial charge in [0, 0.05) is 18.9 Å². The van der Waals surface area contributed by atoms with Gasteiger partial charge in [0.2, 0.25) is 0 Å². The van der Waals surface area contributed by atoms with E-state index in [4.69, 9.17) is 0 Å². The fraction of sp³-hybridized carbons (Fsp3) is 1.00. The van der Waals surface area contributed by atoms with Crippen molar-refractivity contribution in [3.8, 4) is 0 Å². The Morgan fingerprint density at radius 1 is 0.700 bits per heavy atom. The van der Waals surface area contributed by atoms with E-state index in [1.807, 2.05) is 0 Å². The maximum atomic E-state index is 3.88. The van der Waals surface area contributed by atoms with Crippen LogP contribution in [0.2, 0.25) is 29.6 Å². The fourth-order valence-electron chi connectivity index (χ4n) is 1.12. The second kappa shape index (κ2) is 5.01. The van der Waals surface area contributed by atoms with Gasteiger partial charge in [0.1, 0.15) is 0 Å². The molecule has 0 saturated carbocycles. The summed E-state index contributed by atoms with van der Waals surface area (Å²) in [5.74, 6) is 0. The van der Waals surface area contributed by atoms with E-state index in [1.54, 1.807) is 0 Å². The van der Waals surface area contributed by atoms with Crippen molar-refractivity contribution in [1.29, 1.82) is 0 Å². The number of hydrogen-bond acceptors (Lipinski definition) is 1. The Bertz CT molecular complexity index is 80.9. The SMILES string of the molecule is [CH3][Sn]([CH3])([CH3])[NH][Sn]([CH3])([CH3])[CH3].[Li]. The minimum Gasteiger partial charge on any atom is 0 e. The van der Waals surface area contributed by atoms with Gasteiger partial charge in [-0.15, -0.1) is 0 Å². The Labute approximate surface area is 86.4 Å². The van der Waals surface area contributed by atoms with Gasteiger partial charge in [-0.3, -0.25) is 0 Å². The molecule has 0 aliphatic heterocycles. The zero-order chi connectivity index (χ0) is 7.71. The van der Waals surface area contributed by atoms with E-state index in [0.29, 0.717) is 0 Å². The molecule has 57 valence electrons. The van der Waals surface area contributed by atoms with Crippen LogP contribution in [0.15, 0.2) is 0 Å². The molecule has 0 aromatic carbocycles. The molecule has 0 amide bonds. The molecule has 10 heavy (non-hydrogen) atoms. The van der Waals surface area contributed by atoms with E-state index in [-0.39, 0.29) is 18.9 Å². The molecule has 0 aromatic rings. The third-order valence-corrected chi connectivity index (χ3v) is 33.7. The Balaban J connectivity index is 0. The topological polar surface area (TPSA) is 12.0 Å². The van der Waals surface area contributed by atoms with Crippen LogP contribution in [0.25, 0.3) is 0 Å². The predicted molar refractivity (Wildman–Crippen MR) is 55.6 cm³/mol. The number of hydrogen-bond donors (Lipinski definition) is 1. The van der Waals surface area contributed by atoms with E-state index in [0.717, 1.165) is 0 Å². The molecule has 0 rings (SSSR count). The minimum atomic E-state index is -1.60. The summed E-state index contributed by atoms with van der Waals surface area (Å²) in [5.41, 5.74) is 0. The first-order valence-electron chi connectivity index (χ1n) is 3.50. The average molecular weight is 350 g/mol. The maximum absolute atomic E-state index is 3.88. The van der Waals surface area contributed by atoms with Crippen molar-refractivity contribution >= 4 is 56.2 Å². The van der Waals surface area contributed by atoms with Crippen molar-refractivity contribution in [2.45, 2.75) is 29.6 Å². The molecule has 0 atom stereocenters. The van der Waals surface area contributed by atoms with Gasteiger partial charge in [0.05, 0.1) is 0 Å². The van der Waals surface area contributed by atoms with Crippen LogP contribution in [0.1, 0.15) is 0 Å². The molecular weight excluding hydrogens is 330 g/mol. The van der Waals surface area contributed by atoms with Gasteiger partial charge in [0.25, 0.3) is 0 Å². The van der Waals surface area contributed by atoms with E-state index in [9.17, 15) is 0 Å². The first-order valence-corrected chi connectivity index (χ1v) is 23.5. The van der Waals surface area contributed by atoms with Crippen molar-refractivity contribution in [2.75, 3.05) is 0 Å². The molecule has 1 N–H and O–H groups in total. The number of nitrogens with one attached hydrogen (secondary N) is 1. The summed E-state index contributed by atoms with van der Waals surface area (Å²) in [7, 11) is 0. The average Bonchev–Trinajstić information content (AvgIpc) is 1.14. The van der Waals surface area contributed by atoms with Crippen molar-refractivity contribution in [2.24, 2.45) is 0 Å². The van der Waals surface area contributed by atoms with Crippen LogP contribution in [0.3, 0.4) is 0 Å². The summed E-state index contributed by atoms with van der Waals surface area (Å²) in [4.78, 5) is 14.6. The first kappa shape index (κ1) is 14.7. The predicted octanol–water partition coefficient (Wildman–Crippen LogP) is 1.86. The summed E-state index contributed by atoms with van der Waals surface area (Å²) in [6, 6.07) is 0. The molecule has 0 aromatic heterocycles. The van der Waals surface area contributed by atoms with E-state index >= 15 is 0 Å². The van der Waals surface area contributed by atoms with Gasteiger partial charge in [-0.1, -0.05) is 0 Å². The van der Waals surface area contributed by atoms with Crippen LogP contribution in [0.4, 0.5) is 0 Å². The summed E-state index contributed by atoms with van der Waals surface area (Å²) in [5, 5.41) is 0. The third kappa shape index (κ3) is 12.8. The van der Waals surface area contributed by atoms with Gasteiger partial charge in [-0.25, -0.2) is 0 Å². The zero-order valence-electron chi connectivity index (χ0n) is 8.50. The molecule has 0 saturated heterocycles. The molecule has 0 unspecified atom stereocenters. The van der Waals surface area contributed by atoms with Crippen molar-refractivity contribution < 1.29 is 0 Å². The Morgan fingerprint density at radius 3 is 0.900 bits per heavy atom. The molecular formula is C6H19LiNSn2. The Kier molecular flexibility index (Phi) is 7.35. The van der Waals surface area contributed by atoms with Crippen LogP contribution in [0, 0.1) is 0 Å². The molecule has 1 radical (unpaired) electrons. The molecule has 0 aliphatic rings. The van der Waals surface area contributed by atoms with Crippen LogP contribution in [-0.2, 0) is 0 Å².